The van der Waals surface area contributed by atoms with Gasteiger partial charge in [0.05, 0.1) is 11.7 Å². The molecule has 4 nitrogen and oxygen atoms in total. The van der Waals surface area contributed by atoms with E-state index in [4.69, 9.17) is 5.73 Å². The second-order valence-electron chi connectivity index (χ2n) is 4.20. The topological polar surface area (TPSA) is 54.2 Å². The van der Waals surface area contributed by atoms with E-state index in [9.17, 15) is 0 Å². The smallest absolute Gasteiger partial charge is 0.0624 e. The zero-order valence-electron chi connectivity index (χ0n) is 9.60. The second-order valence-corrected chi connectivity index (χ2v) is 4.20. The maximum absolute atomic E-state index is 5.54. The van der Waals surface area contributed by atoms with Gasteiger partial charge in [-0.1, -0.05) is 6.07 Å². The fraction of sp³-hybridized carbons (Fsp3) is 0.583. The van der Waals surface area contributed by atoms with Crippen LogP contribution in [0.5, 0.6) is 0 Å². The molecule has 16 heavy (non-hydrogen) atoms. The highest BCUT2D eigenvalue weighted by atomic mass is 15.2. The predicted octanol–water partition coefficient (Wildman–Crippen LogP) is 0.377. The zero-order chi connectivity index (χ0) is 11.2. The van der Waals surface area contributed by atoms with Gasteiger partial charge in [-0.15, -0.1) is 0 Å². The number of piperazine rings is 1. The minimum Gasteiger partial charge on any atom is -0.330 e. The van der Waals surface area contributed by atoms with Crippen LogP contribution in [0.4, 0.5) is 0 Å². The van der Waals surface area contributed by atoms with Crippen LogP contribution in [0.25, 0.3) is 0 Å². The van der Waals surface area contributed by atoms with Crippen LogP contribution in [0.3, 0.4) is 0 Å². The van der Waals surface area contributed by atoms with Crippen molar-refractivity contribution in [3.8, 4) is 0 Å². The molecule has 0 aliphatic carbocycles. The Labute approximate surface area is 96.8 Å². The Morgan fingerprint density at radius 1 is 1.50 bits per heavy atom. The summed E-state index contributed by atoms with van der Waals surface area (Å²) in [4.78, 5) is 6.86. The van der Waals surface area contributed by atoms with Crippen molar-refractivity contribution in [3.63, 3.8) is 0 Å². The second kappa shape index (κ2) is 5.94. The molecule has 0 aromatic carbocycles. The van der Waals surface area contributed by atoms with E-state index < -0.39 is 0 Å². The minimum atomic E-state index is 0.368. The van der Waals surface area contributed by atoms with E-state index in [-0.39, 0.29) is 0 Å². The first kappa shape index (κ1) is 11.5. The molecule has 2 rings (SSSR count). The molecule has 1 unspecified atom stereocenters. The first-order chi connectivity index (χ1) is 7.90. The quantitative estimate of drug-likeness (QED) is 0.770. The summed E-state index contributed by atoms with van der Waals surface area (Å²) < 4.78 is 0. The normalized spacial score (nSPS) is 22.2. The lowest BCUT2D eigenvalue weighted by molar-refractivity contribution is 0.198. The highest BCUT2D eigenvalue weighted by molar-refractivity contribution is 5.10. The molecule has 1 atom stereocenters. The maximum atomic E-state index is 5.54. The van der Waals surface area contributed by atoms with Gasteiger partial charge in [0.1, 0.15) is 0 Å². The summed E-state index contributed by atoms with van der Waals surface area (Å²) in [5, 5.41) is 3.51. The van der Waals surface area contributed by atoms with Gasteiger partial charge < -0.3 is 16.0 Å². The van der Waals surface area contributed by atoms with Gasteiger partial charge in [0.2, 0.25) is 0 Å². The number of hydrogen-bond donors (Lipinski definition) is 2. The third-order valence-electron chi connectivity index (χ3n) is 2.98. The lowest BCUT2D eigenvalue weighted by atomic mass is 10.1. The van der Waals surface area contributed by atoms with Gasteiger partial charge in [0, 0.05) is 25.8 Å². The van der Waals surface area contributed by atoms with Crippen molar-refractivity contribution in [2.45, 2.75) is 12.5 Å². The number of nitrogens with one attached hydrogen (secondary N) is 1. The molecule has 3 N–H and O–H groups in total. The molecule has 1 aromatic rings. The fourth-order valence-corrected chi connectivity index (χ4v) is 2.11. The van der Waals surface area contributed by atoms with Crippen molar-refractivity contribution >= 4 is 0 Å². The Morgan fingerprint density at radius 3 is 3.19 bits per heavy atom. The molecule has 0 radical (unpaired) electrons. The molecule has 0 amide bonds. The van der Waals surface area contributed by atoms with E-state index in [1.54, 1.807) is 0 Å². The van der Waals surface area contributed by atoms with Crippen LogP contribution in [-0.4, -0.2) is 42.6 Å². The van der Waals surface area contributed by atoms with Crippen molar-refractivity contribution < 1.29 is 0 Å². The van der Waals surface area contributed by atoms with Gasteiger partial charge in [0.25, 0.3) is 0 Å². The Hall–Kier alpha value is -0.970. The van der Waals surface area contributed by atoms with Gasteiger partial charge in [-0.05, 0) is 31.6 Å². The van der Waals surface area contributed by atoms with Crippen LogP contribution in [0, 0.1) is 0 Å². The van der Waals surface area contributed by atoms with Gasteiger partial charge in [0.15, 0.2) is 0 Å². The Bertz CT molecular complexity index is 301. The van der Waals surface area contributed by atoms with Gasteiger partial charge in [-0.25, -0.2) is 0 Å². The number of pyridine rings is 1. The van der Waals surface area contributed by atoms with E-state index in [0.717, 1.165) is 44.8 Å². The van der Waals surface area contributed by atoms with Crippen molar-refractivity contribution in [2.75, 3.05) is 32.7 Å². The molecule has 1 aliphatic rings. The van der Waals surface area contributed by atoms with Crippen LogP contribution < -0.4 is 11.1 Å². The van der Waals surface area contributed by atoms with Crippen molar-refractivity contribution in [1.82, 2.24) is 15.2 Å². The van der Waals surface area contributed by atoms with E-state index >= 15 is 0 Å². The van der Waals surface area contributed by atoms with Gasteiger partial charge in [-0.3, -0.25) is 4.98 Å². The lowest BCUT2D eigenvalue weighted by Crippen LogP contribution is -2.46. The Kier molecular flexibility index (Phi) is 4.27. The monoisotopic (exact) mass is 220 g/mol. The molecule has 88 valence electrons. The van der Waals surface area contributed by atoms with E-state index in [1.807, 2.05) is 18.3 Å². The van der Waals surface area contributed by atoms with Crippen LogP contribution in [0.2, 0.25) is 0 Å². The summed E-state index contributed by atoms with van der Waals surface area (Å²) in [5.74, 6) is 0. The third-order valence-corrected chi connectivity index (χ3v) is 2.98. The molecule has 0 saturated carbocycles. The summed E-state index contributed by atoms with van der Waals surface area (Å²) in [7, 11) is 0. The summed E-state index contributed by atoms with van der Waals surface area (Å²) in [5.41, 5.74) is 6.68. The maximum Gasteiger partial charge on any atom is 0.0624 e. The summed E-state index contributed by atoms with van der Waals surface area (Å²) >= 11 is 0. The van der Waals surface area contributed by atoms with Crippen LogP contribution >= 0.6 is 0 Å². The predicted molar refractivity (Wildman–Crippen MR) is 65.1 cm³/mol. The van der Waals surface area contributed by atoms with Gasteiger partial charge >= 0.3 is 0 Å². The SMILES string of the molecule is NCCCN1CCNC(c2ccccn2)C1. The zero-order valence-corrected chi connectivity index (χ0v) is 9.60. The standard InChI is InChI=1S/C12H20N4/c13-5-3-8-16-9-7-15-12(10-16)11-4-1-2-6-14-11/h1-2,4,6,12,15H,3,5,7-10,13H2. The van der Waals surface area contributed by atoms with Crippen molar-refractivity contribution in [2.24, 2.45) is 5.73 Å². The minimum absolute atomic E-state index is 0.368. The summed E-state index contributed by atoms with van der Waals surface area (Å²) in [6.45, 7) is 5.06. The highest BCUT2D eigenvalue weighted by Gasteiger charge is 2.20. The molecule has 2 heterocycles. The third kappa shape index (κ3) is 3.01. The van der Waals surface area contributed by atoms with Crippen LogP contribution in [-0.2, 0) is 0 Å². The average molecular weight is 220 g/mol. The molecule has 4 heteroatoms. The molecule has 0 bridgehead atoms. The summed E-state index contributed by atoms with van der Waals surface area (Å²) in [6.07, 6.45) is 2.94. The Morgan fingerprint density at radius 2 is 2.44 bits per heavy atom. The van der Waals surface area contributed by atoms with Gasteiger partial charge in [-0.2, -0.15) is 0 Å². The van der Waals surface area contributed by atoms with Crippen LogP contribution in [0.15, 0.2) is 24.4 Å². The van der Waals surface area contributed by atoms with Crippen molar-refractivity contribution in [1.29, 1.82) is 0 Å². The Balaban J connectivity index is 1.91. The number of aromatic nitrogens is 1. The molecular weight excluding hydrogens is 200 g/mol. The molecule has 1 aromatic heterocycles. The number of nitrogens with two attached hydrogens (primary N) is 1. The molecule has 1 aliphatic heterocycles. The van der Waals surface area contributed by atoms with E-state index in [1.165, 1.54) is 0 Å². The molecular formula is C12H20N4. The van der Waals surface area contributed by atoms with E-state index in [2.05, 4.69) is 21.3 Å². The number of nitrogens with zero attached hydrogens (tertiary/aromatic N) is 2. The average Bonchev–Trinajstić information content (AvgIpc) is 2.38. The highest BCUT2D eigenvalue weighted by Crippen LogP contribution is 2.14. The first-order valence-electron chi connectivity index (χ1n) is 5.97. The number of rotatable bonds is 4. The fourth-order valence-electron chi connectivity index (χ4n) is 2.11. The summed E-state index contributed by atoms with van der Waals surface area (Å²) in [6, 6.07) is 6.46. The molecule has 1 fully saturated rings. The number of hydrogen-bond acceptors (Lipinski definition) is 4. The molecule has 1 saturated heterocycles. The largest absolute Gasteiger partial charge is 0.330 e. The van der Waals surface area contributed by atoms with Crippen molar-refractivity contribution in [3.05, 3.63) is 30.1 Å². The molecule has 0 spiro atoms. The lowest BCUT2D eigenvalue weighted by Gasteiger charge is -2.33. The first-order valence-corrected chi connectivity index (χ1v) is 5.97. The van der Waals surface area contributed by atoms with E-state index in [0.29, 0.717) is 6.04 Å². The van der Waals surface area contributed by atoms with Crippen LogP contribution in [0.1, 0.15) is 18.2 Å².